The summed E-state index contributed by atoms with van der Waals surface area (Å²) in [7, 11) is 0. The van der Waals surface area contributed by atoms with Gasteiger partial charge in [-0.25, -0.2) is 4.98 Å². The van der Waals surface area contributed by atoms with Gasteiger partial charge in [0.2, 0.25) is 0 Å². The van der Waals surface area contributed by atoms with Gasteiger partial charge in [-0.3, -0.25) is 4.74 Å². The number of halogens is 1. The lowest BCUT2D eigenvalue weighted by Gasteiger charge is -2.32. The van der Waals surface area contributed by atoms with Crippen molar-refractivity contribution in [2.75, 3.05) is 0 Å². The second-order valence-electron chi connectivity index (χ2n) is 5.39. The Hall–Kier alpha value is -1.14. The third-order valence-corrected chi connectivity index (χ3v) is 4.32. The van der Waals surface area contributed by atoms with Crippen molar-refractivity contribution in [1.82, 2.24) is 10.0 Å². The molecule has 0 saturated heterocycles. The van der Waals surface area contributed by atoms with Gasteiger partial charge in [-0.15, -0.1) is 0 Å². The van der Waals surface area contributed by atoms with E-state index in [1.165, 1.54) is 0 Å². The molecule has 1 aromatic rings. The minimum Gasteiger partial charge on any atom is -0.714 e. The van der Waals surface area contributed by atoms with E-state index in [-0.39, 0.29) is 5.84 Å². The summed E-state index contributed by atoms with van der Waals surface area (Å²) in [5.41, 5.74) is -1.22. The van der Waals surface area contributed by atoms with E-state index in [1.54, 1.807) is 46.0 Å². The van der Waals surface area contributed by atoms with E-state index in [4.69, 9.17) is 0 Å². The average Bonchev–Trinajstić information content (AvgIpc) is 2.41. The van der Waals surface area contributed by atoms with Crippen LogP contribution in [0, 0.1) is 5.21 Å². The second-order valence-corrected chi connectivity index (χ2v) is 6.31. The molecule has 1 aromatic heterocycles. The Kier molecular flexibility index (Phi) is 2.90. The van der Waals surface area contributed by atoms with Crippen LogP contribution in [0.4, 0.5) is 0 Å². The Bertz CT molecular complexity index is 509. The highest BCUT2D eigenvalue weighted by Crippen LogP contribution is 2.36. The summed E-state index contributed by atoms with van der Waals surface area (Å²) in [5, 5.41) is 25.4. The zero-order valence-electron chi connectivity index (χ0n) is 10.8. The lowest BCUT2D eigenvalue weighted by Crippen LogP contribution is -2.53. The number of rotatable bonds is 1. The van der Waals surface area contributed by atoms with Crippen molar-refractivity contribution in [2.45, 2.75) is 38.8 Å². The Morgan fingerprint density at radius 1 is 1.33 bits per heavy atom. The van der Waals surface area contributed by atoms with Crippen LogP contribution in [0.25, 0.3) is 0 Å². The van der Waals surface area contributed by atoms with Gasteiger partial charge in [0.25, 0.3) is 0 Å². The van der Waals surface area contributed by atoms with Crippen molar-refractivity contribution in [1.29, 1.82) is 0 Å². The van der Waals surface area contributed by atoms with Crippen molar-refractivity contribution < 1.29 is 9.95 Å². The monoisotopic (exact) mass is 312 g/mol. The molecule has 1 radical (unpaired) electrons. The topological polar surface area (TPSA) is 62.1 Å². The molecule has 2 heterocycles. The summed E-state index contributed by atoms with van der Waals surface area (Å²) >= 11 is 3.27. The highest BCUT2D eigenvalue weighted by molar-refractivity contribution is 9.10. The van der Waals surface area contributed by atoms with Crippen LogP contribution in [-0.4, -0.2) is 31.7 Å². The smallest absolute Gasteiger partial charge is 0.335 e. The van der Waals surface area contributed by atoms with Crippen LogP contribution in [0.3, 0.4) is 0 Å². The van der Waals surface area contributed by atoms with Crippen molar-refractivity contribution in [3.63, 3.8) is 0 Å². The highest BCUT2D eigenvalue weighted by Gasteiger charge is 2.60. The first-order valence-electron chi connectivity index (χ1n) is 5.63. The molecule has 18 heavy (non-hydrogen) atoms. The molecule has 0 aliphatic carbocycles. The average molecular weight is 313 g/mol. The van der Waals surface area contributed by atoms with E-state index in [0.29, 0.717) is 5.69 Å². The van der Waals surface area contributed by atoms with Crippen LogP contribution in [0.2, 0.25) is 0 Å². The van der Waals surface area contributed by atoms with Gasteiger partial charge in [-0.2, -0.15) is 0 Å². The van der Waals surface area contributed by atoms with Crippen LogP contribution in [0.5, 0.6) is 0 Å². The van der Waals surface area contributed by atoms with E-state index in [0.717, 1.165) is 14.3 Å². The van der Waals surface area contributed by atoms with E-state index < -0.39 is 11.1 Å². The summed E-state index contributed by atoms with van der Waals surface area (Å²) in [6.45, 7) is 7.04. The summed E-state index contributed by atoms with van der Waals surface area (Å²) in [6, 6.07) is 3.42. The molecular weight excluding hydrogens is 298 g/mol. The largest absolute Gasteiger partial charge is 0.714 e. The van der Waals surface area contributed by atoms with Crippen molar-refractivity contribution in [2.24, 2.45) is 0 Å². The number of aromatic nitrogens is 1. The van der Waals surface area contributed by atoms with Gasteiger partial charge in [0, 0.05) is 15.9 Å². The lowest BCUT2D eigenvalue weighted by atomic mass is 9.84. The fraction of sp³-hybridized carbons (Fsp3) is 0.500. The van der Waals surface area contributed by atoms with Gasteiger partial charge >= 0.3 is 5.84 Å². The van der Waals surface area contributed by atoms with Crippen LogP contribution in [0.1, 0.15) is 33.4 Å². The van der Waals surface area contributed by atoms with E-state index in [1.807, 2.05) is 0 Å². The SMILES string of the molecule is CC1(C)N([O])C(c2ccc(Br)cn2)=[N+]([O-])C1(C)C. The number of nitrogens with zero attached hydrogens (tertiary/aromatic N) is 3. The van der Waals surface area contributed by atoms with E-state index in [9.17, 15) is 10.4 Å². The van der Waals surface area contributed by atoms with Gasteiger partial charge in [0.15, 0.2) is 11.2 Å². The Morgan fingerprint density at radius 3 is 2.33 bits per heavy atom. The minimum atomic E-state index is -0.807. The van der Waals surface area contributed by atoms with Crippen molar-refractivity contribution in [3.8, 4) is 0 Å². The number of hydroxylamine groups is 3. The number of amidine groups is 1. The maximum atomic E-state index is 12.3. The first-order valence-corrected chi connectivity index (χ1v) is 6.42. The molecule has 2 rings (SSSR count). The Morgan fingerprint density at radius 2 is 1.94 bits per heavy atom. The van der Waals surface area contributed by atoms with Crippen LogP contribution in [0.15, 0.2) is 22.8 Å². The lowest BCUT2D eigenvalue weighted by molar-refractivity contribution is -0.539. The van der Waals surface area contributed by atoms with Gasteiger partial charge in [-0.05, 0) is 55.8 Å². The number of pyridine rings is 1. The molecule has 0 bridgehead atoms. The van der Waals surface area contributed by atoms with Gasteiger partial charge in [-0.1, -0.05) is 5.06 Å². The highest BCUT2D eigenvalue weighted by atomic mass is 79.9. The van der Waals surface area contributed by atoms with E-state index in [2.05, 4.69) is 20.9 Å². The fourth-order valence-electron chi connectivity index (χ4n) is 1.83. The molecule has 1 aliphatic rings. The molecule has 0 N–H and O–H groups in total. The molecule has 0 saturated carbocycles. The van der Waals surface area contributed by atoms with E-state index >= 15 is 0 Å². The summed E-state index contributed by atoms with van der Waals surface area (Å²) < 4.78 is 1.56. The van der Waals surface area contributed by atoms with Gasteiger partial charge in [0.1, 0.15) is 5.54 Å². The molecule has 97 valence electrons. The first-order chi connectivity index (χ1) is 8.19. The zero-order chi connectivity index (χ0) is 13.7. The van der Waals surface area contributed by atoms with Crippen LogP contribution in [-0.2, 0) is 5.21 Å². The molecule has 0 spiro atoms. The minimum absolute atomic E-state index is 0.0671. The molecule has 0 amide bonds. The van der Waals surface area contributed by atoms with Crippen molar-refractivity contribution >= 4 is 21.8 Å². The maximum Gasteiger partial charge on any atom is 0.335 e. The van der Waals surface area contributed by atoms with Gasteiger partial charge in [0.05, 0.1) is 0 Å². The third-order valence-electron chi connectivity index (χ3n) is 3.85. The predicted molar refractivity (Wildman–Crippen MR) is 70.4 cm³/mol. The molecule has 1 aliphatic heterocycles. The summed E-state index contributed by atoms with van der Waals surface area (Å²) in [4.78, 5) is 4.12. The molecule has 0 unspecified atom stereocenters. The molecular formula is C12H15BrN3O2. The number of hydrogen-bond acceptors (Lipinski definition) is 3. The number of hydrogen-bond donors (Lipinski definition) is 0. The Labute approximate surface area is 114 Å². The molecule has 0 aromatic carbocycles. The molecule has 6 heteroatoms. The quantitative estimate of drug-likeness (QED) is 0.590. The fourth-order valence-corrected chi connectivity index (χ4v) is 2.06. The normalized spacial score (nSPS) is 21.6. The maximum absolute atomic E-state index is 12.3. The van der Waals surface area contributed by atoms with Crippen molar-refractivity contribution in [3.05, 3.63) is 33.7 Å². The summed E-state index contributed by atoms with van der Waals surface area (Å²) in [5.74, 6) is 0.0671. The van der Waals surface area contributed by atoms with Crippen LogP contribution < -0.4 is 0 Å². The molecule has 5 nitrogen and oxygen atoms in total. The van der Waals surface area contributed by atoms with Gasteiger partial charge < -0.3 is 5.21 Å². The van der Waals surface area contributed by atoms with Crippen LogP contribution >= 0.6 is 15.9 Å². The first kappa shape index (κ1) is 13.3. The summed E-state index contributed by atoms with van der Waals surface area (Å²) in [6.07, 6.45) is 1.57. The molecule has 0 fully saturated rings. The molecule has 0 atom stereocenters. The zero-order valence-corrected chi connectivity index (χ0v) is 12.4. The third kappa shape index (κ3) is 1.63. The standard InChI is InChI=1S/C12H15BrN3O2/c1-11(2)12(3,4)16(18)10(15(11)17)9-6-5-8(13)7-14-9/h5-7H,1-4H3. The Balaban J connectivity index is 2.57. The predicted octanol–water partition coefficient (Wildman–Crippen LogP) is 2.32. The second kappa shape index (κ2) is 3.93.